The van der Waals surface area contributed by atoms with E-state index in [9.17, 15) is 19.3 Å². The first-order valence-electron chi connectivity index (χ1n) is 6.57. The molecule has 7 heteroatoms. The number of carbonyl (C=O) groups is 2. The van der Waals surface area contributed by atoms with Crippen LogP contribution in [0.4, 0.5) is 0 Å². The van der Waals surface area contributed by atoms with Crippen LogP contribution in [0.15, 0.2) is 30.3 Å². The van der Waals surface area contributed by atoms with Gasteiger partial charge in [-0.2, -0.15) is 0 Å². The number of rotatable bonds is 9. The molecule has 2 unspecified atom stereocenters. The summed E-state index contributed by atoms with van der Waals surface area (Å²) in [6.45, 7) is 1.68. The van der Waals surface area contributed by atoms with Gasteiger partial charge in [-0.3, -0.25) is 14.2 Å². The van der Waals surface area contributed by atoms with E-state index in [1.54, 1.807) is 31.2 Å². The summed E-state index contributed by atoms with van der Waals surface area (Å²) in [7, 11) is -3.50. The van der Waals surface area contributed by atoms with Crippen LogP contribution in [-0.2, 0) is 25.1 Å². The summed E-state index contributed by atoms with van der Waals surface area (Å²) in [5, 5.41) is 18.1. The molecule has 0 bridgehead atoms. The topological polar surface area (TPSA) is 101 Å². The monoisotopic (exact) mass is 314 g/mol. The molecule has 0 radical (unpaired) electrons. The van der Waals surface area contributed by atoms with E-state index in [1.165, 1.54) is 0 Å². The summed E-state index contributed by atoms with van der Waals surface area (Å²) in [4.78, 5) is 22.1. The molecule has 0 fully saturated rings. The van der Waals surface area contributed by atoms with Crippen molar-refractivity contribution in [3.63, 3.8) is 0 Å². The van der Waals surface area contributed by atoms with Gasteiger partial charge in [-0.1, -0.05) is 30.3 Å². The van der Waals surface area contributed by atoms with E-state index in [2.05, 4.69) is 0 Å². The van der Waals surface area contributed by atoms with Gasteiger partial charge in [0.15, 0.2) is 0 Å². The molecule has 0 spiro atoms. The minimum Gasteiger partial charge on any atom is -0.481 e. The molecule has 1 aromatic carbocycles. The lowest BCUT2D eigenvalue weighted by Gasteiger charge is -2.20. The number of carboxylic acids is 2. The second-order valence-electron chi connectivity index (χ2n) is 4.69. The van der Waals surface area contributed by atoms with E-state index in [-0.39, 0.29) is 19.2 Å². The van der Waals surface area contributed by atoms with E-state index in [1.807, 2.05) is 6.07 Å². The van der Waals surface area contributed by atoms with Gasteiger partial charge in [0, 0.05) is 6.16 Å². The molecule has 2 atom stereocenters. The van der Waals surface area contributed by atoms with Crippen molar-refractivity contribution in [1.82, 2.24) is 0 Å². The highest BCUT2D eigenvalue weighted by Gasteiger charge is 2.33. The maximum absolute atomic E-state index is 12.5. The summed E-state index contributed by atoms with van der Waals surface area (Å²) in [5.74, 6) is -3.30. The quantitative estimate of drug-likeness (QED) is 0.678. The van der Waals surface area contributed by atoms with Gasteiger partial charge in [0.1, 0.15) is 6.16 Å². The van der Waals surface area contributed by atoms with Crippen molar-refractivity contribution in [3.8, 4) is 0 Å². The fourth-order valence-corrected chi connectivity index (χ4v) is 4.23. The van der Waals surface area contributed by atoms with E-state index < -0.39 is 31.4 Å². The predicted octanol–water partition coefficient (Wildman–Crippen LogP) is 2.33. The highest BCUT2D eigenvalue weighted by molar-refractivity contribution is 7.60. The zero-order valence-electron chi connectivity index (χ0n) is 11.8. The normalized spacial score (nSPS) is 15.1. The molecule has 1 rings (SSSR count). The third-order valence-corrected chi connectivity index (χ3v) is 5.39. The van der Waals surface area contributed by atoms with Gasteiger partial charge < -0.3 is 14.7 Å². The van der Waals surface area contributed by atoms with Crippen LogP contribution in [0.3, 0.4) is 0 Å². The summed E-state index contributed by atoms with van der Waals surface area (Å²) >= 11 is 0. The third-order valence-electron chi connectivity index (χ3n) is 2.91. The van der Waals surface area contributed by atoms with Gasteiger partial charge >= 0.3 is 11.9 Å². The van der Waals surface area contributed by atoms with Crippen LogP contribution < -0.4 is 0 Å². The van der Waals surface area contributed by atoms with Crippen molar-refractivity contribution in [2.45, 2.75) is 13.3 Å². The summed E-state index contributed by atoms with van der Waals surface area (Å²) in [6, 6.07) is 8.94. The molecule has 116 valence electrons. The largest absolute Gasteiger partial charge is 0.481 e. The van der Waals surface area contributed by atoms with Gasteiger partial charge in [-0.25, -0.2) is 0 Å². The Hall–Kier alpha value is -1.65. The minimum absolute atomic E-state index is 0.0855. The fourth-order valence-electron chi connectivity index (χ4n) is 2.07. The van der Waals surface area contributed by atoms with Crippen LogP contribution >= 0.6 is 7.37 Å². The molecule has 1 aromatic rings. The van der Waals surface area contributed by atoms with Gasteiger partial charge in [0.2, 0.25) is 7.37 Å². The first-order valence-corrected chi connectivity index (χ1v) is 8.57. The lowest BCUT2D eigenvalue weighted by Crippen LogP contribution is -2.23. The van der Waals surface area contributed by atoms with Gasteiger partial charge in [-0.05, 0) is 18.9 Å². The Morgan fingerprint density at radius 2 is 1.86 bits per heavy atom. The third kappa shape index (κ3) is 6.10. The Balaban J connectivity index is 2.87. The van der Waals surface area contributed by atoms with Crippen LogP contribution in [0, 0.1) is 5.92 Å². The Kier molecular flexibility index (Phi) is 6.59. The van der Waals surface area contributed by atoms with Gasteiger partial charge in [0.05, 0.1) is 12.5 Å². The lowest BCUT2D eigenvalue weighted by molar-refractivity contribution is -0.141. The molecule has 6 nitrogen and oxygen atoms in total. The molecule has 0 heterocycles. The summed E-state index contributed by atoms with van der Waals surface area (Å²) in [6.07, 6.45) is -0.746. The Morgan fingerprint density at radius 1 is 1.24 bits per heavy atom. The smallest absolute Gasteiger partial charge is 0.313 e. The van der Waals surface area contributed by atoms with Crippen LogP contribution in [0.25, 0.3) is 0 Å². The van der Waals surface area contributed by atoms with Crippen molar-refractivity contribution >= 4 is 19.3 Å². The molecule has 2 N–H and O–H groups in total. The second-order valence-corrected chi connectivity index (χ2v) is 7.26. The van der Waals surface area contributed by atoms with Crippen molar-refractivity contribution in [3.05, 3.63) is 35.9 Å². The fraction of sp³-hybridized carbons (Fsp3) is 0.429. The maximum atomic E-state index is 12.5. The van der Waals surface area contributed by atoms with Crippen LogP contribution in [-0.4, -0.2) is 41.1 Å². The molecule has 0 aliphatic rings. The average molecular weight is 314 g/mol. The SMILES string of the molecule is CCOP(=O)(CC(=O)O)CC(Cc1ccccc1)C(=O)O. The molecule has 0 aliphatic carbocycles. The Labute approximate surface area is 123 Å². The van der Waals surface area contributed by atoms with Gasteiger partial charge in [0.25, 0.3) is 0 Å². The molecule has 0 amide bonds. The highest BCUT2D eigenvalue weighted by Crippen LogP contribution is 2.48. The number of hydrogen-bond donors (Lipinski definition) is 2. The molecule has 21 heavy (non-hydrogen) atoms. The van der Waals surface area contributed by atoms with Crippen molar-refractivity contribution in [1.29, 1.82) is 0 Å². The highest BCUT2D eigenvalue weighted by atomic mass is 31.2. The first kappa shape index (κ1) is 17.4. The number of carboxylic acid groups (broad SMARTS) is 2. The second kappa shape index (κ2) is 7.96. The Morgan fingerprint density at radius 3 is 2.33 bits per heavy atom. The number of benzene rings is 1. The van der Waals surface area contributed by atoms with Crippen molar-refractivity contribution < 1.29 is 28.9 Å². The average Bonchev–Trinajstić information content (AvgIpc) is 2.38. The van der Waals surface area contributed by atoms with Crippen molar-refractivity contribution in [2.24, 2.45) is 5.92 Å². The lowest BCUT2D eigenvalue weighted by atomic mass is 10.0. The molecule has 0 aromatic heterocycles. The zero-order valence-corrected chi connectivity index (χ0v) is 12.7. The summed E-state index contributed by atoms with van der Waals surface area (Å²) in [5.41, 5.74) is 0.795. The van der Waals surface area contributed by atoms with Crippen LogP contribution in [0.2, 0.25) is 0 Å². The van der Waals surface area contributed by atoms with Crippen LogP contribution in [0.5, 0.6) is 0 Å². The molecule has 0 aliphatic heterocycles. The van der Waals surface area contributed by atoms with E-state index in [0.717, 1.165) is 5.56 Å². The Bertz CT molecular complexity index is 528. The standard InChI is InChI=1S/C14H19O6P/c1-2-20-21(19,10-13(15)16)9-12(14(17)18)8-11-6-4-3-5-7-11/h3-7,12H,2,8-10H2,1H3,(H,15,16)(H,17,18). The number of hydrogen-bond acceptors (Lipinski definition) is 4. The van der Waals surface area contributed by atoms with Crippen LogP contribution in [0.1, 0.15) is 12.5 Å². The van der Waals surface area contributed by atoms with Gasteiger partial charge in [-0.15, -0.1) is 0 Å². The maximum Gasteiger partial charge on any atom is 0.313 e. The first-order chi connectivity index (χ1) is 9.86. The minimum atomic E-state index is -3.50. The van der Waals surface area contributed by atoms with E-state index in [4.69, 9.17) is 9.63 Å². The van der Waals surface area contributed by atoms with Crippen molar-refractivity contribution in [2.75, 3.05) is 18.9 Å². The summed E-state index contributed by atoms with van der Waals surface area (Å²) < 4.78 is 17.5. The molecular weight excluding hydrogens is 295 g/mol. The molecule has 0 saturated heterocycles. The van der Waals surface area contributed by atoms with E-state index in [0.29, 0.717) is 0 Å². The molecule has 0 saturated carbocycles. The predicted molar refractivity (Wildman–Crippen MR) is 77.9 cm³/mol. The zero-order chi connectivity index (χ0) is 15.9. The van der Waals surface area contributed by atoms with E-state index >= 15 is 0 Å². The molecular formula is C14H19O6P. The number of aliphatic carboxylic acids is 2.